The molecule has 0 aliphatic rings. The zero-order chi connectivity index (χ0) is 16.8. The molecule has 0 heterocycles. The normalized spacial score (nSPS) is 11.5. The maximum atomic E-state index is 12.1. The molecule has 0 aromatic heterocycles. The van der Waals surface area contributed by atoms with E-state index in [4.69, 9.17) is 10.8 Å². The van der Waals surface area contributed by atoms with Gasteiger partial charge < -0.3 is 16.2 Å². The van der Waals surface area contributed by atoms with Crippen LogP contribution < -0.4 is 11.1 Å². The Morgan fingerprint density at radius 3 is 2.04 bits per heavy atom. The van der Waals surface area contributed by atoms with E-state index < -0.39 is 30.2 Å². The maximum absolute atomic E-state index is 12.1. The molecular formula is C17H16N2O4. The molecule has 23 heavy (non-hydrogen) atoms. The van der Waals surface area contributed by atoms with Crippen molar-refractivity contribution >= 4 is 17.8 Å². The molecule has 0 saturated carbocycles. The fraction of sp³-hybridized carbons (Fsp3) is 0.118. The average molecular weight is 312 g/mol. The second kappa shape index (κ2) is 7.22. The van der Waals surface area contributed by atoms with Crippen molar-refractivity contribution in [2.75, 3.05) is 0 Å². The molecule has 118 valence electrons. The Bertz CT molecular complexity index is 711. The Kier molecular flexibility index (Phi) is 5.09. The van der Waals surface area contributed by atoms with Crippen molar-refractivity contribution in [3.63, 3.8) is 0 Å². The van der Waals surface area contributed by atoms with Gasteiger partial charge in [-0.3, -0.25) is 14.4 Å². The predicted molar refractivity (Wildman–Crippen MR) is 84.6 cm³/mol. The van der Waals surface area contributed by atoms with Crippen molar-refractivity contribution < 1.29 is 19.5 Å². The number of aliphatic carboxylic acids is 1. The summed E-state index contributed by atoms with van der Waals surface area (Å²) in [7, 11) is 0. The quantitative estimate of drug-likeness (QED) is 0.749. The smallest absolute Gasteiger partial charge is 0.305 e. The maximum Gasteiger partial charge on any atom is 0.305 e. The molecule has 0 radical (unpaired) electrons. The first-order valence-electron chi connectivity index (χ1n) is 6.95. The third-order valence-electron chi connectivity index (χ3n) is 3.28. The standard InChI is InChI=1S/C17H16N2O4/c18-16(22)14(10-15(20)21)19-17(23)13-8-6-12(7-9-13)11-4-2-1-3-5-11/h1-9,14H,10H2,(H2,18,22)(H,19,23)(H,20,21)/t14-/m0/s1. The lowest BCUT2D eigenvalue weighted by Gasteiger charge is -2.13. The van der Waals surface area contributed by atoms with Gasteiger partial charge in [0.15, 0.2) is 0 Å². The van der Waals surface area contributed by atoms with Gasteiger partial charge in [0.1, 0.15) is 6.04 Å². The third-order valence-corrected chi connectivity index (χ3v) is 3.28. The highest BCUT2D eigenvalue weighted by atomic mass is 16.4. The van der Waals surface area contributed by atoms with Gasteiger partial charge in [0.05, 0.1) is 6.42 Å². The van der Waals surface area contributed by atoms with E-state index in [0.29, 0.717) is 5.56 Å². The predicted octanol–water partition coefficient (Wildman–Crippen LogP) is 1.41. The number of carbonyl (C=O) groups excluding carboxylic acids is 2. The van der Waals surface area contributed by atoms with Gasteiger partial charge in [-0.25, -0.2) is 0 Å². The minimum absolute atomic E-state index is 0.321. The Morgan fingerprint density at radius 1 is 0.957 bits per heavy atom. The highest BCUT2D eigenvalue weighted by Crippen LogP contribution is 2.19. The lowest BCUT2D eigenvalue weighted by atomic mass is 10.0. The Hall–Kier alpha value is -3.15. The minimum Gasteiger partial charge on any atom is -0.481 e. The molecule has 4 N–H and O–H groups in total. The summed E-state index contributed by atoms with van der Waals surface area (Å²) in [5.41, 5.74) is 7.37. The molecule has 0 aliphatic carbocycles. The van der Waals surface area contributed by atoms with Crippen LogP contribution in [0, 0.1) is 0 Å². The summed E-state index contributed by atoms with van der Waals surface area (Å²) >= 11 is 0. The summed E-state index contributed by atoms with van der Waals surface area (Å²) in [5.74, 6) is -2.65. The van der Waals surface area contributed by atoms with Gasteiger partial charge in [-0.15, -0.1) is 0 Å². The summed E-state index contributed by atoms with van der Waals surface area (Å²) in [6.45, 7) is 0. The molecule has 0 fully saturated rings. The van der Waals surface area contributed by atoms with Crippen LogP contribution in [0.1, 0.15) is 16.8 Å². The SMILES string of the molecule is NC(=O)[C@H](CC(=O)O)NC(=O)c1ccc(-c2ccccc2)cc1. The first kappa shape index (κ1) is 16.2. The number of primary amides is 1. The second-order valence-electron chi connectivity index (χ2n) is 4.97. The number of amides is 2. The zero-order valence-electron chi connectivity index (χ0n) is 12.2. The van der Waals surface area contributed by atoms with Crippen LogP contribution in [0.5, 0.6) is 0 Å². The number of carbonyl (C=O) groups is 3. The number of hydrogen-bond acceptors (Lipinski definition) is 3. The van der Waals surface area contributed by atoms with Crippen LogP contribution in [0.3, 0.4) is 0 Å². The topological polar surface area (TPSA) is 109 Å². The third kappa shape index (κ3) is 4.41. The van der Waals surface area contributed by atoms with Gasteiger partial charge in [0.25, 0.3) is 5.91 Å². The van der Waals surface area contributed by atoms with E-state index in [2.05, 4.69) is 5.32 Å². The average Bonchev–Trinajstić information content (AvgIpc) is 2.54. The van der Waals surface area contributed by atoms with E-state index in [-0.39, 0.29) is 0 Å². The van der Waals surface area contributed by atoms with Crippen LogP contribution in [-0.4, -0.2) is 28.9 Å². The molecule has 0 unspecified atom stereocenters. The summed E-state index contributed by atoms with van der Waals surface area (Å²) < 4.78 is 0. The highest BCUT2D eigenvalue weighted by Gasteiger charge is 2.21. The van der Waals surface area contributed by atoms with Gasteiger partial charge in [-0.05, 0) is 23.3 Å². The molecule has 2 rings (SSSR count). The van der Waals surface area contributed by atoms with E-state index >= 15 is 0 Å². The first-order valence-corrected chi connectivity index (χ1v) is 6.95. The van der Waals surface area contributed by atoms with Crippen LogP contribution >= 0.6 is 0 Å². The molecule has 0 spiro atoms. The van der Waals surface area contributed by atoms with Gasteiger partial charge in [-0.2, -0.15) is 0 Å². The van der Waals surface area contributed by atoms with Crippen LogP contribution in [0.4, 0.5) is 0 Å². The molecule has 0 aliphatic heterocycles. The van der Waals surface area contributed by atoms with Crippen molar-refractivity contribution in [2.45, 2.75) is 12.5 Å². The molecular weight excluding hydrogens is 296 g/mol. The Labute approximate surface area is 132 Å². The molecule has 2 amide bonds. The van der Waals surface area contributed by atoms with Gasteiger partial charge in [0.2, 0.25) is 5.91 Å². The molecule has 0 saturated heterocycles. The van der Waals surface area contributed by atoms with E-state index in [1.165, 1.54) is 0 Å². The zero-order valence-corrected chi connectivity index (χ0v) is 12.2. The Balaban J connectivity index is 2.11. The van der Waals surface area contributed by atoms with Crippen LogP contribution in [0.2, 0.25) is 0 Å². The van der Waals surface area contributed by atoms with Gasteiger partial charge >= 0.3 is 5.97 Å². The van der Waals surface area contributed by atoms with E-state index in [0.717, 1.165) is 11.1 Å². The van der Waals surface area contributed by atoms with Crippen molar-refractivity contribution in [2.24, 2.45) is 5.73 Å². The number of carboxylic acids is 1. The molecule has 0 bridgehead atoms. The summed E-state index contributed by atoms with van der Waals surface area (Å²) in [6, 6.07) is 15.2. The number of carboxylic acid groups (broad SMARTS) is 1. The number of hydrogen-bond donors (Lipinski definition) is 3. The molecule has 1 atom stereocenters. The van der Waals surface area contributed by atoms with E-state index in [1.54, 1.807) is 24.3 Å². The van der Waals surface area contributed by atoms with E-state index in [1.807, 2.05) is 30.3 Å². The van der Waals surface area contributed by atoms with Crippen molar-refractivity contribution in [1.29, 1.82) is 0 Å². The monoisotopic (exact) mass is 312 g/mol. The Morgan fingerprint density at radius 2 is 1.52 bits per heavy atom. The number of rotatable bonds is 6. The van der Waals surface area contributed by atoms with Crippen LogP contribution in [0.25, 0.3) is 11.1 Å². The fourth-order valence-electron chi connectivity index (χ4n) is 2.08. The van der Waals surface area contributed by atoms with Crippen molar-refractivity contribution in [3.05, 3.63) is 60.2 Å². The van der Waals surface area contributed by atoms with E-state index in [9.17, 15) is 14.4 Å². The highest BCUT2D eigenvalue weighted by molar-refractivity contribution is 5.98. The number of nitrogens with two attached hydrogens (primary N) is 1. The van der Waals surface area contributed by atoms with Gasteiger partial charge in [0, 0.05) is 5.56 Å². The van der Waals surface area contributed by atoms with Gasteiger partial charge in [-0.1, -0.05) is 42.5 Å². The second-order valence-corrected chi connectivity index (χ2v) is 4.97. The fourth-order valence-corrected chi connectivity index (χ4v) is 2.08. The number of nitrogens with one attached hydrogen (secondary N) is 1. The van der Waals surface area contributed by atoms with Crippen LogP contribution in [-0.2, 0) is 9.59 Å². The summed E-state index contributed by atoms with van der Waals surface area (Å²) in [5, 5.41) is 11.0. The summed E-state index contributed by atoms with van der Waals surface area (Å²) in [4.78, 5) is 33.9. The minimum atomic E-state index is -1.24. The van der Waals surface area contributed by atoms with Crippen molar-refractivity contribution in [3.8, 4) is 11.1 Å². The van der Waals surface area contributed by atoms with Crippen molar-refractivity contribution in [1.82, 2.24) is 5.32 Å². The molecule has 6 nitrogen and oxygen atoms in total. The molecule has 2 aromatic rings. The molecule has 6 heteroatoms. The molecule has 2 aromatic carbocycles. The lowest BCUT2D eigenvalue weighted by Crippen LogP contribution is -2.45. The largest absolute Gasteiger partial charge is 0.481 e. The lowest BCUT2D eigenvalue weighted by molar-refractivity contribution is -0.139. The first-order chi connectivity index (χ1) is 11.0. The number of benzene rings is 2. The van der Waals surface area contributed by atoms with Crippen LogP contribution in [0.15, 0.2) is 54.6 Å². The summed E-state index contributed by atoms with van der Waals surface area (Å²) in [6.07, 6.45) is -0.552.